The molecule has 0 saturated heterocycles. The van der Waals surface area contributed by atoms with Crippen molar-refractivity contribution in [2.24, 2.45) is 0 Å². The number of nitrogens with zero attached hydrogens (tertiary/aromatic N) is 2. The lowest BCUT2D eigenvalue weighted by molar-refractivity contribution is 0.475. The van der Waals surface area contributed by atoms with Crippen LogP contribution >= 0.6 is 11.3 Å². The van der Waals surface area contributed by atoms with Crippen LogP contribution in [-0.4, -0.2) is 15.1 Å². The number of benzene rings is 2. The monoisotopic (exact) mass is 375 g/mol. The van der Waals surface area contributed by atoms with Crippen LogP contribution in [0, 0.1) is 27.7 Å². The van der Waals surface area contributed by atoms with Gasteiger partial charge in [-0.1, -0.05) is 18.2 Å². The Kier molecular flexibility index (Phi) is 4.32. The summed E-state index contributed by atoms with van der Waals surface area (Å²) in [6, 6.07) is 11.8. The maximum atomic E-state index is 9.67. The Bertz CT molecular complexity index is 1160. The van der Waals surface area contributed by atoms with E-state index in [2.05, 4.69) is 54.3 Å². The molecule has 0 unspecified atom stereocenters. The van der Waals surface area contributed by atoms with Gasteiger partial charge in [0.05, 0.1) is 5.39 Å². The molecule has 4 aromatic rings. The van der Waals surface area contributed by atoms with Crippen molar-refractivity contribution in [1.82, 2.24) is 9.97 Å². The molecule has 0 saturated carbocycles. The number of anilines is 2. The second-order valence-corrected chi connectivity index (χ2v) is 8.06. The minimum atomic E-state index is 0.257. The van der Waals surface area contributed by atoms with Gasteiger partial charge < -0.3 is 10.4 Å². The summed E-state index contributed by atoms with van der Waals surface area (Å²) in [5.41, 5.74) is 6.79. The number of aromatic hydroxyl groups is 1. The molecule has 2 heterocycles. The van der Waals surface area contributed by atoms with Crippen molar-refractivity contribution in [3.63, 3.8) is 0 Å². The molecule has 0 atom stereocenters. The third kappa shape index (κ3) is 3.15. The molecule has 27 heavy (non-hydrogen) atoms. The zero-order chi connectivity index (χ0) is 19.1. The van der Waals surface area contributed by atoms with Gasteiger partial charge in [-0.2, -0.15) is 0 Å². The van der Waals surface area contributed by atoms with Crippen LogP contribution in [0.5, 0.6) is 5.75 Å². The standard InChI is InChI=1S/C22H21N3OS/c1-12-5-6-16(9-13(12)2)19-15(4)27-22-20(19)21(23-11-24-22)25-18-8-7-17(26)10-14(18)3/h5-11,26H,1-4H3,(H,23,24,25). The van der Waals surface area contributed by atoms with Gasteiger partial charge in [0.1, 0.15) is 22.7 Å². The van der Waals surface area contributed by atoms with Gasteiger partial charge in [0.15, 0.2) is 0 Å². The van der Waals surface area contributed by atoms with Crippen LogP contribution in [0.25, 0.3) is 21.3 Å². The molecule has 0 bridgehead atoms. The molecule has 2 N–H and O–H groups in total. The molecule has 2 aromatic heterocycles. The molecule has 0 fully saturated rings. The summed E-state index contributed by atoms with van der Waals surface area (Å²) in [6.45, 7) is 8.36. The van der Waals surface area contributed by atoms with Crippen LogP contribution in [-0.2, 0) is 0 Å². The topological polar surface area (TPSA) is 58.0 Å². The van der Waals surface area contributed by atoms with E-state index in [0.717, 1.165) is 27.3 Å². The van der Waals surface area contributed by atoms with Crippen LogP contribution in [0.3, 0.4) is 0 Å². The smallest absolute Gasteiger partial charge is 0.143 e. The summed E-state index contributed by atoms with van der Waals surface area (Å²) in [5, 5.41) is 14.1. The van der Waals surface area contributed by atoms with E-state index >= 15 is 0 Å². The normalized spacial score (nSPS) is 11.1. The number of hydrogen-bond acceptors (Lipinski definition) is 5. The number of phenolic OH excluding ortho intramolecular Hbond substituents is 1. The van der Waals surface area contributed by atoms with Gasteiger partial charge >= 0.3 is 0 Å². The minimum Gasteiger partial charge on any atom is -0.508 e. The Labute approximate surface area is 162 Å². The largest absolute Gasteiger partial charge is 0.508 e. The highest BCUT2D eigenvalue weighted by Gasteiger charge is 2.17. The van der Waals surface area contributed by atoms with Crippen molar-refractivity contribution in [3.8, 4) is 16.9 Å². The molecular formula is C22H21N3OS. The molecule has 0 aliphatic heterocycles. The molecule has 0 amide bonds. The van der Waals surface area contributed by atoms with E-state index in [9.17, 15) is 5.11 Å². The van der Waals surface area contributed by atoms with Gasteiger partial charge in [0, 0.05) is 16.1 Å². The lowest BCUT2D eigenvalue weighted by Crippen LogP contribution is -1.97. The lowest BCUT2D eigenvalue weighted by Gasteiger charge is -2.12. The van der Waals surface area contributed by atoms with Crippen molar-refractivity contribution in [3.05, 3.63) is 64.3 Å². The Morgan fingerprint density at radius 2 is 1.70 bits per heavy atom. The van der Waals surface area contributed by atoms with Gasteiger partial charge in [0.25, 0.3) is 0 Å². The molecule has 0 spiro atoms. The number of fused-ring (bicyclic) bond motifs is 1. The number of thiophene rings is 1. The van der Waals surface area contributed by atoms with Gasteiger partial charge in [0.2, 0.25) is 0 Å². The minimum absolute atomic E-state index is 0.257. The van der Waals surface area contributed by atoms with Crippen molar-refractivity contribution < 1.29 is 5.11 Å². The number of aromatic nitrogens is 2. The van der Waals surface area contributed by atoms with Crippen molar-refractivity contribution >= 4 is 33.1 Å². The first kappa shape index (κ1) is 17.5. The number of aryl methyl sites for hydroxylation is 4. The second-order valence-electron chi connectivity index (χ2n) is 6.86. The fraction of sp³-hybridized carbons (Fsp3) is 0.182. The summed E-state index contributed by atoms with van der Waals surface area (Å²) in [5.74, 6) is 1.04. The molecule has 4 rings (SSSR count). The number of nitrogens with one attached hydrogen (secondary N) is 1. The first-order valence-electron chi connectivity index (χ1n) is 8.82. The summed E-state index contributed by atoms with van der Waals surface area (Å²) in [7, 11) is 0. The van der Waals surface area contributed by atoms with Crippen LogP contribution in [0.2, 0.25) is 0 Å². The molecule has 4 nitrogen and oxygen atoms in total. The fourth-order valence-corrected chi connectivity index (χ4v) is 4.31. The molecular weight excluding hydrogens is 354 g/mol. The maximum Gasteiger partial charge on any atom is 0.143 e. The van der Waals surface area contributed by atoms with Gasteiger partial charge in [-0.05, 0) is 68.1 Å². The highest BCUT2D eigenvalue weighted by Crippen LogP contribution is 2.41. The average Bonchev–Trinajstić information content (AvgIpc) is 2.96. The highest BCUT2D eigenvalue weighted by molar-refractivity contribution is 7.19. The SMILES string of the molecule is Cc1ccc(-c2c(C)sc3ncnc(Nc4ccc(O)cc4C)c23)cc1C. The van der Waals surface area contributed by atoms with E-state index in [-0.39, 0.29) is 5.75 Å². The molecule has 0 radical (unpaired) electrons. The zero-order valence-corrected chi connectivity index (χ0v) is 16.6. The van der Waals surface area contributed by atoms with Crippen molar-refractivity contribution in [2.45, 2.75) is 27.7 Å². The van der Waals surface area contributed by atoms with E-state index in [0.29, 0.717) is 0 Å². The van der Waals surface area contributed by atoms with Gasteiger partial charge in [-0.15, -0.1) is 11.3 Å². The first-order valence-corrected chi connectivity index (χ1v) is 9.64. The maximum absolute atomic E-state index is 9.67. The molecule has 5 heteroatoms. The second kappa shape index (κ2) is 6.67. The number of phenols is 1. The summed E-state index contributed by atoms with van der Waals surface area (Å²) >= 11 is 1.68. The Morgan fingerprint density at radius 3 is 2.44 bits per heavy atom. The van der Waals surface area contributed by atoms with Crippen molar-refractivity contribution in [1.29, 1.82) is 0 Å². The van der Waals surface area contributed by atoms with E-state index in [1.807, 2.05) is 13.0 Å². The average molecular weight is 375 g/mol. The lowest BCUT2D eigenvalue weighted by atomic mass is 9.99. The van der Waals surface area contributed by atoms with E-state index in [4.69, 9.17) is 0 Å². The molecule has 136 valence electrons. The predicted octanol–water partition coefficient (Wildman–Crippen LogP) is 6.04. The van der Waals surface area contributed by atoms with E-state index < -0.39 is 0 Å². The van der Waals surface area contributed by atoms with E-state index in [1.54, 1.807) is 29.8 Å². The summed E-state index contributed by atoms with van der Waals surface area (Å²) in [6.07, 6.45) is 1.60. The molecule has 0 aliphatic rings. The zero-order valence-electron chi connectivity index (χ0n) is 15.8. The molecule has 2 aromatic carbocycles. The van der Waals surface area contributed by atoms with Crippen LogP contribution < -0.4 is 5.32 Å². The Morgan fingerprint density at radius 1 is 0.889 bits per heavy atom. The summed E-state index contributed by atoms with van der Waals surface area (Å²) < 4.78 is 0. The summed E-state index contributed by atoms with van der Waals surface area (Å²) in [4.78, 5) is 11.2. The number of hydrogen-bond donors (Lipinski definition) is 2. The number of rotatable bonds is 3. The fourth-order valence-electron chi connectivity index (χ4n) is 3.30. The van der Waals surface area contributed by atoms with Crippen LogP contribution in [0.15, 0.2) is 42.7 Å². The highest BCUT2D eigenvalue weighted by atomic mass is 32.1. The van der Waals surface area contributed by atoms with Crippen LogP contribution in [0.4, 0.5) is 11.5 Å². The Hall–Kier alpha value is -2.92. The van der Waals surface area contributed by atoms with Gasteiger partial charge in [-0.25, -0.2) is 9.97 Å². The Balaban J connectivity index is 1.90. The molecule has 0 aliphatic carbocycles. The van der Waals surface area contributed by atoms with Gasteiger partial charge in [-0.3, -0.25) is 0 Å². The third-order valence-electron chi connectivity index (χ3n) is 4.92. The quantitative estimate of drug-likeness (QED) is 0.429. The van der Waals surface area contributed by atoms with Crippen LogP contribution in [0.1, 0.15) is 21.6 Å². The predicted molar refractivity (Wildman–Crippen MR) is 113 cm³/mol. The van der Waals surface area contributed by atoms with E-state index in [1.165, 1.54) is 27.1 Å². The van der Waals surface area contributed by atoms with Crippen molar-refractivity contribution in [2.75, 3.05) is 5.32 Å². The first-order chi connectivity index (χ1) is 12.9. The third-order valence-corrected chi connectivity index (χ3v) is 5.94.